The maximum atomic E-state index is 13.3. The van der Waals surface area contributed by atoms with Crippen LogP contribution in [0.25, 0.3) is 0 Å². The Morgan fingerprint density at radius 3 is 3.10 bits per heavy atom. The predicted octanol–water partition coefficient (Wildman–Crippen LogP) is 3.19. The number of carbonyl (C=O) groups excluding carboxylic acids is 1. The van der Waals surface area contributed by atoms with Crippen molar-refractivity contribution < 1.29 is 9.18 Å². The van der Waals surface area contributed by atoms with Crippen LogP contribution in [0.5, 0.6) is 0 Å². The molecule has 21 heavy (non-hydrogen) atoms. The third kappa shape index (κ3) is 3.24. The number of nitrogens with one attached hydrogen (secondary N) is 1. The quantitative estimate of drug-likeness (QED) is 0.944. The van der Waals surface area contributed by atoms with Gasteiger partial charge in [0.2, 0.25) is 5.91 Å². The van der Waals surface area contributed by atoms with E-state index in [4.69, 9.17) is 0 Å². The minimum Gasteiger partial charge on any atom is -0.376 e. The molecule has 1 aromatic heterocycles. The van der Waals surface area contributed by atoms with E-state index in [0.29, 0.717) is 12.2 Å². The van der Waals surface area contributed by atoms with Crippen LogP contribution in [0, 0.1) is 12.7 Å². The summed E-state index contributed by atoms with van der Waals surface area (Å²) >= 11 is 1.76. The first kappa shape index (κ1) is 14.1. The Labute approximate surface area is 127 Å². The fraction of sp³-hybridized carbons (Fsp3) is 0.312. The molecule has 1 aliphatic rings. The predicted molar refractivity (Wildman–Crippen MR) is 83.1 cm³/mol. The first-order valence-corrected chi connectivity index (χ1v) is 7.84. The Hall–Kier alpha value is -1.88. The van der Waals surface area contributed by atoms with E-state index >= 15 is 0 Å². The Morgan fingerprint density at radius 2 is 2.29 bits per heavy atom. The molecule has 0 spiro atoms. The Balaban J connectivity index is 1.60. The van der Waals surface area contributed by atoms with Crippen molar-refractivity contribution in [3.8, 4) is 0 Å². The van der Waals surface area contributed by atoms with Crippen molar-refractivity contribution >= 4 is 22.9 Å². The molecule has 0 radical (unpaired) electrons. The lowest BCUT2D eigenvalue weighted by atomic mass is 10.1. The van der Waals surface area contributed by atoms with Gasteiger partial charge in [0.25, 0.3) is 0 Å². The third-order valence-electron chi connectivity index (χ3n) is 3.65. The average Bonchev–Trinajstić information content (AvgIpc) is 2.91. The second kappa shape index (κ2) is 5.85. The number of fused-ring (bicyclic) bond motifs is 1. The minimum atomic E-state index is -0.286. The van der Waals surface area contributed by atoms with Crippen LogP contribution in [0.1, 0.15) is 16.0 Å². The number of rotatable bonds is 3. The summed E-state index contributed by atoms with van der Waals surface area (Å²) in [5.41, 5.74) is 2.74. The van der Waals surface area contributed by atoms with Crippen molar-refractivity contribution in [1.82, 2.24) is 4.90 Å². The van der Waals surface area contributed by atoms with Crippen molar-refractivity contribution in [2.75, 3.05) is 18.4 Å². The summed E-state index contributed by atoms with van der Waals surface area (Å²) in [4.78, 5) is 15.5. The molecule has 0 fully saturated rings. The van der Waals surface area contributed by atoms with Gasteiger partial charge in [-0.3, -0.25) is 4.79 Å². The van der Waals surface area contributed by atoms with Crippen LogP contribution >= 0.6 is 11.3 Å². The molecule has 3 nitrogen and oxygen atoms in total. The highest BCUT2D eigenvalue weighted by molar-refractivity contribution is 7.10. The number of amides is 1. The van der Waals surface area contributed by atoms with Gasteiger partial charge in [0.15, 0.2) is 0 Å². The normalized spacial score (nSPS) is 13.9. The van der Waals surface area contributed by atoms with Gasteiger partial charge in [0, 0.05) is 23.7 Å². The summed E-state index contributed by atoms with van der Waals surface area (Å²) in [6.45, 7) is 3.47. The van der Waals surface area contributed by atoms with E-state index in [0.717, 1.165) is 18.5 Å². The van der Waals surface area contributed by atoms with Gasteiger partial charge in [-0.1, -0.05) is 0 Å². The number of benzene rings is 1. The molecule has 0 saturated heterocycles. The van der Waals surface area contributed by atoms with Gasteiger partial charge in [-0.05, 0) is 54.1 Å². The number of nitrogens with zero attached hydrogens (tertiary/aromatic N) is 1. The van der Waals surface area contributed by atoms with Gasteiger partial charge in [-0.2, -0.15) is 0 Å². The van der Waals surface area contributed by atoms with Gasteiger partial charge in [0.05, 0.1) is 6.54 Å². The van der Waals surface area contributed by atoms with Crippen molar-refractivity contribution in [1.29, 1.82) is 0 Å². The zero-order valence-corrected chi connectivity index (χ0v) is 12.7. The van der Waals surface area contributed by atoms with E-state index in [-0.39, 0.29) is 18.3 Å². The maximum absolute atomic E-state index is 13.3. The second-order valence-corrected chi connectivity index (χ2v) is 6.31. The molecule has 1 amide bonds. The van der Waals surface area contributed by atoms with Gasteiger partial charge in [0.1, 0.15) is 5.82 Å². The molecular weight excluding hydrogens is 287 g/mol. The smallest absolute Gasteiger partial charge is 0.242 e. The van der Waals surface area contributed by atoms with E-state index in [1.807, 2.05) is 17.9 Å². The minimum absolute atomic E-state index is 0.0498. The second-order valence-electron chi connectivity index (χ2n) is 5.31. The van der Waals surface area contributed by atoms with E-state index in [9.17, 15) is 9.18 Å². The molecule has 5 heteroatoms. The van der Waals surface area contributed by atoms with Crippen LogP contribution in [-0.2, 0) is 17.8 Å². The lowest BCUT2D eigenvalue weighted by Crippen LogP contribution is -2.38. The van der Waals surface area contributed by atoms with E-state index < -0.39 is 0 Å². The number of thiophene rings is 1. The molecule has 0 saturated carbocycles. The highest BCUT2D eigenvalue weighted by Gasteiger charge is 2.21. The summed E-state index contributed by atoms with van der Waals surface area (Å²) in [6.07, 6.45) is 0.928. The zero-order chi connectivity index (χ0) is 14.8. The van der Waals surface area contributed by atoms with Crippen LogP contribution in [0.4, 0.5) is 10.1 Å². The lowest BCUT2D eigenvalue weighted by Gasteiger charge is -2.27. The first-order chi connectivity index (χ1) is 10.1. The van der Waals surface area contributed by atoms with Crippen LogP contribution in [0.15, 0.2) is 29.6 Å². The molecule has 2 aromatic rings. The summed E-state index contributed by atoms with van der Waals surface area (Å²) < 4.78 is 13.3. The molecular formula is C16H17FN2OS. The number of aryl methyl sites for hydroxylation is 1. The van der Waals surface area contributed by atoms with Crippen LogP contribution in [0.2, 0.25) is 0 Å². The van der Waals surface area contributed by atoms with Crippen molar-refractivity contribution in [3.05, 3.63) is 51.5 Å². The first-order valence-electron chi connectivity index (χ1n) is 6.96. The highest BCUT2D eigenvalue weighted by atomic mass is 32.1. The van der Waals surface area contributed by atoms with Crippen molar-refractivity contribution in [2.45, 2.75) is 19.9 Å². The van der Waals surface area contributed by atoms with Gasteiger partial charge >= 0.3 is 0 Å². The Morgan fingerprint density at radius 1 is 1.43 bits per heavy atom. The standard InChI is InChI=1S/C16H17FN2OS/c1-11-6-13(17)8-14(7-11)18-9-16(20)19-4-2-15-12(10-19)3-5-21-15/h3,5-8,18H,2,4,9-10H2,1H3. The molecule has 0 bridgehead atoms. The number of anilines is 1. The van der Waals surface area contributed by atoms with E-state index in [2.05, 4.69) is 16.8 Å². The summed E-state index contributed by atoms with van der Waals surface area (Å²) in [7, 11) is 0. The zero-order valence-electron chi connectivity index (χ0n) is 11.9. The van der Waals surface area contributed by atoms with E-state index in [1.165, 1.54) is 22.6 Å². The van der Waals surface area contributed by atoms with Crippen LogP contribution in [-0.4, -0.2) is 23.9 Å². The van der Waals surface area contributed by atoms with Crippen LogP contribution < -0.4 is 5.32 Å². The van der Waals surface area contributed by atoms with Gasteiger partial charge in [-0.15, -0.1) is 11.3 Å². The SMILES string of the molecule is Cc1cc(F)cc(NCC(=O)N2CCc3sccc3C2)c1. The molecule has 0 unspecified atom stereocenters. The fourth-order valence-corrected chi connectivity index (χ4v) is 3.48. The Kier molecular flexibility index (Phi) is 3.92. The molecule has 0 atom stereocenters. The van der Waals surface area contributed by atoms with Crippen molar-refractivity contribution in [3.63, 3.8) is 0 Å². The summed E-state index contributed by atoms with van der Waals surface area (Å²) in [5.74, 6) is -0.236. The highest BCUT2D eigenvalue weighted by Crippen LogP contribution is 2.24. The summed E-state index contributed by atoms with van der Waals surface area (Å²) in [6, 6.07) is 6.80. The van der Waals surface area contributed by atoms with Crippen LogP contribution in [0.3, 0.4) is 0 Å². The maximum Gasteiger partial charge on any atom is 0.242 e. The van der Waals surface area contributed by atoms with Gasteiger partial charge < -0.3 is 10.2 Å². The van der Waals surface area contributed by atoms with E-state index in [1.54, 1.807) is 11.3 Å². The molecule has 0 aliphatic carbocycles. The molecule has 1 aliphatic heterocycles. The topological polar surface area (TPSA) is 32.3 Å². The number of carbonyl (C=O) groups is 1. The Bertz CT molecular complexity index is 648. The largest absolute Gasteiger partial charge is 0.376 e. The number of hydrogen-bond acceptors (Lipinski definition) is 3. The lowest BCUT2D eigenvalue weighted by molar-refractivity contribution is -0.130. The fourth-order valence-electron chi connectivity index (χ4n) is 2.59. The number of halogens is 1. The van der Waals surface area contributed by atoms with Crippen molar-refractivity contribution in [2.24, 2.45) is 0 Å². The van der Waals surface area contributed by atoms with Gasteiger partial charge in [-0.25, -0.2) is 4.39 Å². The molecule has 110 valence electrons. The average molecular weight is 304 g/mol. The third-order valence-corrected chi connectivity index (χ3v) is 4.67. The molecule has 2 heterocycles. The number of hydrogen-bond donors (Lipinski definition) is 1. The molecule has 3 rings (SSSR count). The monoisotopic (exact) mass is 304 g/mol. The molecule has 1 N–H and O–H groups in total. The summed E-state index contributed by atoms with van der Waals surface area (Å²) in [5, 5.41) is 5.09. The molecule has 1 aromatic carbocycles.